The van der Waals surface area contributed by atoms with Crippen LogP contribution < -0.4 is 5.32 Å². The number of nitrogens with zero attached hydrogens (tertiary/aromatic N) is 1. The molecular weight excluding hydrogens is 309 g/mol. The standard InChI is InChI=1S/C14H16FN3O3S/c1-22(20,21)8-14(5-6-14)7-11(19)16-13-12-9(15)3-2-4-10(12)17-18-13/h2-4H,5-8H2,1H3,(H2,16,17,18,19). The lowest BCUT2D eigenvalue weighted by molar-refractivity contribution is -0.117. The number of hydrogen-bond donors (Lipinski definition) is 2. The maximum absolute atomic E-state index is 13.8. The summed E-state index contributed by atoms with van der Waals surface area (Å²) in [5, 5.41) is 9.35. The number of aromatic nitrogens is 2. The smallest absolute Gasteiger partial charge is 0.226 e. The monoisotopic (exact) mass is 325 g/mol. The highest BCUT2D eigenvalue weighted by Crippen LogP contribution is 2.49. The zero-order chi connectivity index (χ0) is 16.0. The second-order valence-electron chi connectivity index (χ2n) is 6.03. The fourth-order valence-electron chi connectivity index (χ4n) is 2.74. The van der Waals surface area contributed by atoms with Gasteiger partial charge in [0.15, 0.2) is 5.82 Å². The predicted octanol–water partition coefficient (Wildman–Crippen LogP) is 1.86. The van der Waals surface area contributed by atoms with Crippen LogP contribution in [0.3, 0.4) is 0 Å². The molecule has 2 aromatic rings. The van der Waals surface area contributed by atoms with Crippen LogP contribution in [0, 0.1) is 11.2 Å². The molecule has 0 radical (unpaired) electrons. The minimum absolute atomic E-state index is 0.00307. The molecule has 1 aliphatic rings. The number of amides is 1. The second kappa shape index (κ2) is 5.05. The Kier molecular flexibility index (Phi) is 3.43. The van der Waals surface area contributed by atoms with E-state index in [-0.39, 0.29) is 29.3 Å². The Balaban J connectivity index is 1.74. The third kappa shape index (κ3) is 3.11. The Bertz CT molecular complexity index is 840. The molecule has 1 saturated carbocycles. The summed E-state index contributed by atoms with van der Waals surface area (Å²) >= 11 is 0. The third-order valence-corrected chi connectivity index (χ3v) is 4.99. The number of anilines is 1. The molecule has 1 aromatic carbocycles. The first-order chi connectivity index (χ1) is 10.3. The van der Waals surface area contributed by atoms with Gasteiger partial charge < -0.3 is 5.32 Å². The minimum Gasteiger partial charge on any atom is -0.309 e. The third-order valence-electron chi connectivity index (χ3n) is 3.86. The summed E-state index contributed by atoms with van der Waals surface area (Å²) < 4.78 is 36.6. The van der Waals surface area contributed by atoms with Crippen LogP contribution in [-0.2, 0) is 14.6 Å². The highest BCUT2D eigenvalue weighted by atomic mass is 32.2. The van der Waals surface area contributed by atoms with Gasteiger partial charge in [0.05, 0.1) is 16.7 Å². The lowest BCUT2D eigenvalue weighted by atomic mass is 10.1. The summed E-state index contributed by atoms with van der Waals surface area (Å²) in [5.41, 5.74) is 0.0232. The van der Waals surface area contributed by atoms with Crippen molar-refractivity contribution in [2.45, 2.75) is 19.3 Å². The summed E-state index contributed by atoms with van der Waals surface area (Å²) in [5.74, 6) is -0.687. The van der Waals surface area contributed by atoms with Crippen LogP contribution in [0.2, 0.25) is 0 Å². The van der Waals surface area contributed by atoms with Gasteiger partial charge in [-0.1, -0.05) is 6.07 Å². The number of nitrogens with one attached hydrogen (secondary N) is 2. The van der Waals surface area contributed by atoms with Crippen LogP contribution >= 0.6 is 0 Å². The number of fused-ring (bicyclic) bond motifs is 1. The maximum Gasteiger partial charge on any atom is 0.226 e. The molecule has 0 aliphatic heterocycles. The molecule has 1 heterocycles. The van der Waals surface area contributed by atoms with Gasteiger partial charge in [0, 0.05) is 12.7 Å². The number of hydrogen-bond acceptors (Lipinski definition) is 4. The molecule has 6 nitrogen and oxygen atoms in total. The molecule has 1 aliphatic carbocycles. The number of benzene rings is 1. The predicted molar refractivity (Wildman–Crippen MR) is 80.7 cm³/mol. The molecule has 8 heteroatoms. The molecule has 2 N–H and O–H groups in total. The van der Waals surface area contributed by atoms with Crippen LogP contribution in [0.1, 0.15) is 19.3 Å². The average Bonchev–Trinajstić information content (AvgIpc) is 2.97. The first-order valence-electron chi connectivity index (χ1n) is 6.88. The van der Waals surface area contributed by atoms with Gasteiger partial charge in [0.25, 0.3) is 0 Å². The van der Waals surface area contributed by atoms with Crippen molar-refractivity contribution in [1.29, 1.82) is 0 Å². The summed E-state index contributed by atoms with van der Waals surface area (Å²) in [4.78, 5) is 12.1. The van der Waals surface area contributed by atoms with Crippen molar-refractivity contribution in [1.82, 2.24) is 10.2 Å². The van der Waals surface area contributed by atoms with Crippen molar-refractivity contribution in [3.8, 4) is 0 Å². The van der Waals surface area contributed by atoms with E-state index in [0.29, 0.717) is 18.4 Å². The molecule has 0 unspecified atom stereocenters. The quantitative estimate of drug-likeness (QED) is 0.877. The SMILES string of the molecule is CS(=O)(=O)CC1(CC(=O)Nc2n[nH]c3cccc(F)c23)CC1. The number of rotatable bonds is 5. The topological polar surface area (TPSA) is 91.9 Å². The summed E-state index contributed by atoms with van der Waals surface area (Å²) in [6.45, 7) is 0. The van der Waals surface area contributed by atoms with Crippen LogP contribution in [-0.4, -0.2) is 36.5 Å². The highest BCUT2D eigenvalue weighted by molar-refractivity contribution is 7.90. The zero-order valence-corrected chi connectivity index (χ0v) is 12.8. The average molecular weight is 325 g/mol. The molecule has 1 aromatic heterocycles. The van der Waals surface area contributed by atoms with E-state index in [9.17, 15) is 17.6 Å². The Morgan fingerprint density at radius 1 is 1.45 bits per heavy atom. The number of aromatic amines is 1. The normalized spacial score (nSPS) is 16.6. The Labute approximate surface area is 127 Å². The Morgan fingerprint density at radius 3 is 2.82 bits per heavy atom. The first-order valence-corrected chi connectivity index (χ1v) is 8.94. The molecule has 118 valence electrons. The fourth-order valence-corrected chi connectivity index (χ4v) is 4.25. The van der Waals surface area contributed by atoms with E-state index in [0.717, 1.165) is 0 Å². The van der Waals surface area contributed by atoms with E-state index in [1.165, 1.54) is 12.3 Å². The zero-order valence-electron chi connectivity index (χ0n) is 12.0. The largest absolute Gasteiger partial charge is 0.309 e. The molecule has 0 spiro atoms. The van der Waals surface area contributed by atoms with Crippen molar-refractivity contribution >= 4 is 32.5 Å². The second-order valence-corrected chi connectivity index (χ2v) is 8.17. The van der Waals surface area contributed by atoms with Crippen molar-refractivity contribution in [2.75, 3.05) is 17.3 Å². The fraction of sp³-hybridized carbons (Fsp3) is 0.429. The highest BCUT2D eigenvalue weighted by Gasteiger charge is 2.46. The van der Waals surface area contributed by atoms with Crippen LogP contribution in [0.15, 0.2) is 18.2 Å². The van der Waals surface area contributed by atoms with Crippen molar-refractivity contribution < 1.29 is 17.6 Å². The summed E-state index contributed by atoms with van der Waals surface area (Å²) in [7, 11) is -3.13. The lowest BCUT2D eigenvalue weighted by Gasteiger charge is -2.12. The van der Waals surface area contributed by atoms with Crippen molar-refractivity contribution in [2.24, 2.45) is 5.41 Å². The number of H-pyrrole nitrogens is 1. The number of halogens is 1. The molecule has 3 rings (SSSR count). The minimum atomic E-state index is -3.13. The molecular formula is C14H16FN3O3S. The molecule has 22 heavy (non-hydrogen) atoms. The van der Waals surface area contributed by atoms with Gasteiger partial charge in [0.1, 0.15) is 15.7 Å². The van der Waals surface area contributed by atoms with Gasteiger partial charge >= 0.3 is 0 Å². The van der Waals surface area contributed by atoms with E-state index in [1.54, 1.807) is 12.1 Å². The molecule has 0 saturated heterocycles. The van der Waals surface area contributed by atoms with Crippen molar-refractivity contribution in [3.05, 3.63) is 24.0 Å². The van der Waals surface area contributed by atoms with Gasteiger partial charge in [-0.25, -0.2) is 12.8 Å². The van der Waals surface area contributed by atoms with E-state index < -0.39 is 21.1 Å². The number of sulfone groups is 1. The molecule has 0 bridgehead atoms. The van der Waals surface area contributed by atoms with Gasteiger partial charge in [-0.2, -0.15) is 5.10 Å². The Hall–Kier alpha value is -1.96. The van der Waals surface area contributed by atoms with Gasteiger partial charge in [0.2, 0.25) is 5.91 Å². The van der Waals surface area contributed by atoms with E-state index >= 15 is 0 Å². The summed E-state index contributed by atoms with van der Waals surface area (Å²) in [6, 6.07) is 4.50. The van der Waals surface area contributed by atoms with Gasteiger partial charge in [-0.05, 0) is 30.4 Å². The van der Waals surface area contributed by atoms with Gasteiger partial charge in [-0.15, -0.1) is 0 Å². The van der Waals surface area contributed by atoms with Crippen LogP contribution in [0.5, 0.6) is 0 Å². The number of carbonyl (C=O) groups excluding carboxylic acids is 1. The Morgan fingerprint density at radius 2 is 2.18 bits per heavy atom. The maximum atomic E-state index is 13.8. The molecule has 1 fully saturated rings. The summed E-state index contributed by atoms with van der Waals surface area (Å²) in [6.07, 6.45) is 2.69. The molecule has 1 amide bonds. The molecule has 0 atom stereocenters. The van der Waals surface area contributed by atoms with E-state index in [2.05, 4.69) is 15.5 Å². The van der Waals surface area contributed by atoms with Crippen molar-refractivity contribution in [3.63, 3.8) is 0 Å². The van der Waals surface area contributed by atoms with Crippen LogP contribution in [0.4, 0.5) is 10.2 Å². The van der Waals surface area contributed by atoms with E-state index in [1.807, 2.05) is 0 Å². The lowest BCUT2D eigenvalue weighted by Crippen LogP contribution is -2.23. The first kappa shape index (κ1) is 15.0. The number of carbonyl (C=O) groups is 1. The van der Waals surface area contributed by atoms with E-state index in [4.69, 9.17) is 0 Å². The van der Waals surface area contributed by atoms with Crippen LogP contribution in [0.25, 0.3) is 10.9 Å². The van der Waals surface area contributed by atoms with Gasteiger partial charge in [-0.3, -0.25) is 9.89 Å².